The van der Waals surface area contributed by atoms with E-state index in [2.05, 4.69) is 17.1 Å². The monoisotopic (exact) mass is 679 g/mol. The van der Waals surface area contributed by atoms with E-state index in [0.29, 0.717) is 38.1 Å². The van der Waals surface area contributed by atoms with Crippen LogP contribution < -0.4 is 9.64 Å². The molecule has 7 nitrogen and oxygen atoms in total. The van der Waals surface area contributed by atoms with Crippen LogP contribution in [0.5, 0.6) is 5.75 Å². The van der Waals surface area contributed by atoms with E-state index in [4.69, 9.17) is 27.9 Å². The molecule has 3 aromatic carbocycles. The summed E-state index contributed by atoms with van der Waals surface area (Å²) in [6, 6.07) is 20.9. The second-order valence-corrected chi connectivity index (χ2v) is 13.3. The predicted octanol–water partition coefficient (Wildman–Crippen LogP) is 9.28. The Balaban J connectivity index is 1.41. The minimum atomic E-state index is -0.916. The lowest BCUT2D eigenvalue weighted by atomic mass is 9.95. The third kappa shape index (κ3) is 8.16. The fraction of sp³-hybridized carbons (Fsp3) is 0.235. The van der Waals surface area contributed by atoms with Crippen LogP contribution in [0.4, 0.5) is 5.13 Å². The first-order valence-corrected chi connectivity index (χ1v) is 17.1. The van der Waals surface area contributed by atoms with Crippen LogP contribution in [-0.4, -0.2) is 33.6 Å². The lowest BCUT2D eigenvalue weighted by molar-refractivity contribution is -0.117. The number of benzene rings is 3. The molecule has 232 valence electrons. The Hall–Kier alpha value is -3.63. The Bertz CT molecular complexity index is 1710. The lowest BCUT2D eigenvalue weighted by Gasteiger charge is -2.24. The molecular weight excluding hydrogens is 649 g/mol. The van der Waals surface area contributed by atoms with E-state index in [1.807, 2.05) is 48.5 Å². The van der Waals surface area contributed by atoms with Crippen LogP contribution in [0, 0.1) is 0 Å². The maximum Gasteiger partial charge on any atom is 0.296 e. The Morgan fingerprint density at radius 3 is 2.56 bits per heavy atom. The summed E-state index contributed by atoms with van der Waals surface area (Å²) >= 11 is 15.0. The number of hydrogen-bond acceptors (Lipinski definition) is 8. The van der Waals surface area contributed by atoms with Crippen molar-refractivity contribution in [3.63, 3.8) is 0 Å². The van der Waals surface area contributed by atoms with Gasteiger partial charge in [0.25, 0.3) is 5.91 Å². The summed E-state index contributed by atoms with van der Waals surface area (Å²) in [7, 11) is 0. The highest BCUT2D eigenvalue weighted by Crippen LogP contribution is 2.44. The molecule has 1 aromatic heterocycles. The summed E-state index contributed by atoms with van der Waals surface area (Å²) < 4.78 is 6.50. The quantitative estimate of drug-likeness (QED) is 0.0614. The van der Waals surface area contributed by atoms with Gasteiger partial charge < -0.3 is 9.84 Å². The summed E-state index contributed by atoms with van der Waals surface area (Å²) in [6.07, 6.45) is 7.41. The molecule has 0 saturated carbocycles. The Kier molecular flexibility index (Phi) is 11.3. The molecule has 2 heterocycles. The molecule has 45 heavy (non-hydrogen) atoms. The topological polar surface area (TPSA) is 92.6 Å². The minimum absolute atomic E-state index is 0.0298. The highest BCUT2D eigenvalue weighted by Gasteiger charge is 2.45. The van der Waals surface area contributed by atoms with Crippen molar-refractivity contribution in [3.05, 3.63) is 117 Å². The zero-order valence-electron chi connectivity index (χ0n) is 24.5. The second-order valence-electron chi connectivity index (χ2n) is 10.3. The van der Waals surface area contributed by atoms with Crippen molar-refractivity contribution in [3.8, 4) is 5.75 Å². The van der Waals surface area contributed by atoms with Crippen LogP contribution in [0.25, 0.3) is 6.08 Å². The molecule has 0 aliphatic carbocycles. The molecule has 1 N–H and O–H groups in total. The second kappa shape index (κ2) is 15.6. The van der Waals surface area contributed by atoms with Crippen molar-refractivity contribution in [1.82, 2.24) is 10.2 Å². The van der Waals surface area contributed by atoms with Gasteiger partial charge in [-0.15, -0.1) is 10.2 Å². The van der Waals surface area contributed by atoms with Gasteiger partial charge in [-0.3, -0.25) is 14.5 Å². The van der Waals surface area contributed by atoms with Crippen molar-refractivity contribution in [2.24, 2.45) is 0 Å². The summed E-state index contributed by atoms with van der Waals surface area (Å²) in [5.74, 6) is -0.617. The molecule has 4 aromatic rings. The first-order chi connectivity index (χ1) is 21.9. The van der Waals surface area contributed by atoms with Gasteiger partial charge in [0.15, 0.2) is 15.9 Å². The first-order valence-electron chi connectivity index (χ1n) is 14.5. The van der Waals surface area contributed by atoms with E-state index in [1.54, 1.807) is 30.3 Å². The van der Waals surface area contributed by atoms with Gasteiger partial charge >= 0.3 is 0 Å². The van der Waals surface area contributed by atoms with E-state index in [-0.39, 0.29) is 10.7 Å². The molecule has 1 amide bonds. The van der Waals surface area contributed by atoms with E-state index >= 15 is 0 Å². The number of aliphatic hydroxyl groups excluding tert-OH is 1. The summed E-state index contributed by atoms with van der Waals surface area (Å²) in [4.78, 5) is 28.5. The molecule has 1 unspecified atom stereocenters. The van der Waals surface area contributed by atoms with Crippen LogP contribution in [0.3, 0.4) is 0 Å². The van der Waals surface area contributed by atoms with Gasteiger partial charge in [-0.05, 0) is 53.5 Å². The number of unbranched alkanes of at least 4 members (excludes halogenated alkanes) is 3. The first kappa shape index (κ1) is 32.8. The zero-order chi connectivity index (χ0) is 31.8. The number of aromatic nitrogens is 2. The van der Waals surface area contributed by atoms with Crippen LogP contribution in [0.15, 0.2) is 94.5 Å². The Morgan fingerprint density at radius 1 is 1.04 bits per heavy atom. The normalized spacial score (nSPS) is 15.0. The molecule has 1 atom stereocenters. The molecule has 0 fully saturated rings. The van der Waals surface area contributed by atoms with Gasteiger partial charge in [-0.2, -0.15) is 0 Å². The SMILES string of the molecule is CCCCCCOc1ccc(C2C(C(=O)/C=C/c3ccccc3)=C(O)C(=O)N2c2nnc(SCc3ccc(Cl)cc3Cl)s2)cc1. The maximum atomic E-state index is 13.6. The number of halogens is 2. The van der Waals surface area contributed by atoms with Crippen molar-refractivity contribution in [1.29, 1.82) is 0 Å². The molecular formula is C34H31Cl2N3O4S2. The smallest absolute Gasteiger partial charge is 0.296 e. The van der Waals surface area contributed by atoms with E-state index in [1.165, 1.54) is 40.5 Å². The number of carbonyl (C=O) groups excluding carboxylic acids is 2. The van der Waals surface area contributed by atoms with Crippen LogP contribution in [0.2, 0.25) is 10.0 Å². The molecule has 5 rings (SSSR count). The van der Waals surface area contributed by atoms with Gasteiger partial charge in [0.05, 0.1) is 18.2 Å². The van der Waals surface area contributed by atoms with Gasteiger partial charge in [0.1, 0.15) is 5.75 Å². The average Bonchev–Trinajstić information content (AvgIpc) is 3.61. The molecule has 0 bridgehead atoms. The van der Waals surface area contributed by atoms with E-state index in [0.717, 1.165) is 30.4 Å². The third-order valence-corrected chi connectivity index (χ3v) is 9.82. The van der Waals surface area contributed by atoms with Crippen molar-refractivity contribution in [2.45, 2.75) is 48.7 Å². The number of rotatable bonds is 14. The van der Waals surface area contributed by atoms with Crippen molar-refractivity contribution < 1.29 is 19.4 Å². The van der Waals surface area contributed by atoms with Crippen molar-refractivity contribution in [2.75, 3.05) is 11.5 Å². The average molecular weight is 681 g/mol. The van der Waals surface area contributed by atoms with Crippen LogP contribution in [-0.2, 0) is 15.3 Å². The van der Waals surface area contributed by atoms with Crippen LogP contribution in [0.1, 0.15) is 55.3 Å². The standard InChI is InChI=1S/C34H31Cl2N3O4S2/c1-2-3-4-8-19-43-26-16-13-23(14-17-26)30-29(28(40)18-11-22-9-6-5-7-10-22)31(41)32(42)39(30)33-37-38-34(45-33)44-21-24-12-15-25(35)20-27(24)36/h5-7,9-18,20,30,41H,2-4,8,19,21H2,1H3/b18-11+. The largest absolute Gasteiger partial charge is 0.503 e. The summed E-state index contributed by atoms with van der Waals surface area (Å²) in [5.41, 5.74) is 2.29. The molecule has 1 aliphatic rings. The number of thioether (sulfide) groups is 1. The minimum Gasteiger partial charge on any atom is -0.503 e. The van der Waals surface area contributed by atoms with Gasteiger partial charge in [0, 0.05) is 15.8 Å². The summed E-state index contributed by atoms with van der Waals surface area (Å²) in [5, 5.41) is 21.0. The molecule has 0 spiro atoms. The molecule has 0 radical (unpaired) electrons. The van der Waals surface area contributed by atoms with Gasteiger partial charge in [-0.1, -0.05) is 127 Å². The number of ether oxygens (including phenoxy) is 1. The van der Waals surface area contributed by atoms with E-state index < -0.39 is 23.5 Å². The summed E-state index contributed by atoms with van der Waals surface area (Å²) in [6.45, 7) is 2.77. The number of aliphatic hydroxyl groups is 1. The van der Waals surface area contributed by atoms with Crippen LogP contribution >= 0.6 is 46.3 Å². The highest BCUT2D eigenvalue weighted by atomic mass is 35.5. The van der Waals surface area contributed by atoms with Crippen molar-refractivity contribution >= 4 is 69.2 Å². The van der Waals surface area contributed by atoms with Gasteiger partial charge in [0.2, 0.25) is 5.13 Å². The fourth-order valence-corrected chi connectivity index (χ4v) is 7.22. The molecule has 11 heteroatoms. The third-order valence-electron chi connectivity index (χ3n) is 7.13. The number of amides is 1. The number of anilines is 1. The Labute approximate surface area is 280 Å². The highest BCUT2D eigenvalue weighted by molar-refractivity contribution is 8.00. The predicted molar refractivity (Wildman–Crippen MR) is 182 cm³/mol. The molecule has 1 aliphatic heterocycles. The van der Waals surface area contributed by atoms with Gasteiger partial charge in [-0.25, -0.2) is 0 Å². The number of nitrogens with zero attached hydrogens (tertiary/aromatic N) is 3. The number of carbonyl (C=O) groups is 2. The fourth-order valence-electron chi connectivity index (χ4n) is 4.80. The number of ketones is 1. The number of allylic oxidation sites excluding steroid dienone is 1. The molecule has 0 saturated heterocycles. The maximum absolute atomic E-state index is 13.6. The Morgan fingerprint density at radius 2 is 1.82 bits per heavy atom. The van der Waals surface area contributed by atoms with E-state index in [9.17, 15) is 14.7 Å². The number of hydrogen-bond donors (Lipinski definition) is 1. The lowest BCUT2D eigenvalue weighted by Crippen LogP contribution is -2.30. The zero-order valence-corrected chi connectivity index (χ0v) is 27.6.